The third kappa shape index (κ3) is 5.35. The van der Waals surface area contributed by atoms with Gasteiger partial charge in [-0.2, -0.15) is 13.2 Å². The molecule has 0 unspecified atom stereocenters. The fourth-order valence-corrected chi connectivity index (χ4v) is 3.54. The molecule has 32 heavy (non-hydrogen) atoms. The molecule has 0 atom stereocenters. The molecule has 0 aliphatic carbocycles. The maximum atomic E-state index is 13.5. The number of amides is 1. The van der Waals surface area contributed by atoms with E-state index in [-0.39, 0.29) is 27.5 Å². The van der Waals surface area contributed by atoms with Gasteiger partial charge in [-0.3, -0.25) is 15.6 Å². The Kier molecular flexibility index (Phi) is 6.42. The summed E-state index contributed by atoms with van der Waals surface area (Å²) in [6.45, 7) is 1.17. The number of carbonyl (C=O) groups excluding carboxylic acids is 1. The Labute approximate surface area is 186 Å². The molecule has 7 nitrogen and oxygen atoms in total. The van der Waals surface area contributed by atoms with Gasteiger partial charge in [-0.15, -0.1) is 0 Å². The van der Waals surface area contributed by atoms with Gasteiger partial charge in [-0.1, -0.05) is 35.9 Å². The molecule has 12 heteroatoms. The number of nitrogens with one attached hydrogen (secondary N) is 2. The fourth-order valence-electron chi connectivity index (χ4n) is 2.78. The van der Waals surface area contributed by atoms with Gasteiger partial charge in [0.05, 0.1) is 16.2 Å². The van der Waals surface area contributed by atoms with Gasteiger partial charge in [-0.05, 0) is 29.8 Å². The van der Waals surface area contributed by atoms with E-state index in [0.29, 0.717) is 10.6 Å². The normalized spacial score (nSPS) is 11.8. The number of hydrogen-bond acceptors (Lipinski definition) is 6. The number of halogens is 4. The molecule has 0 bridgehead atoms. The molecule has 168 valence electrons. The van der Waals surface area contributed by atoms with Crippen LogP contribution >= 0.6 is 11.6 Å². The van der Waals surface area contributed by atoms with Gasteiger partial charge >= 0.3 is 6.18 Å². The molecular weight excluding hydrogens is 469 g/mol. The first-order chi connectivity index (χ1) is 14.9. The number of rotatable bonds is 5. The predicted octanol–water partition coefficient (Wildman–Crippen LogP) is 4.35. The van der Waals surface area contributed by atoms with Crippen molar-refractivity contribution < 1.29 is 26.4 Å². The number of sulfone groups is 1. The van der Waals surface area contributed by atoms with Gasteiger partial charge < -0.3 is 0 Å². The van der Waals surface area contributed by atoms with E-state index in [1.54, 1.807) is 12.1 Å². The lowest BCUT2D eigenvalue weighted by Crippen LogP contribution is -2.28. The summed E-state index contributed by atoms with van der Waals surface area (Å²) in [4.78, 5) is 18.6. The zero-order valence-corrected chi connectivity index (χ0v) is 18.2. The second-order valence-corrected chi connectivity index (χ2v) is 9.18. The van der Waals surface area contributed by atoms with E-state index in [2.05, 4.69) is 20.8 Å². The first kappa shape index (κ1) is 23.5. The van der Waals surface area contributed by atoms with Crippen molar-refractivity contribution in [3.63, 3.8) is 0 Å². The largest absolute Gasteiger partial charge is 0.451 e. The second-order valence-electron chi connectivity index (χ2n) is 6.73. The average molecular weight is 485 g/mol. The zero-order valence-electron chi connectivity index (χ0n) is 16.7. The van der Waals surface area contributed by atoms with E-state index in [0.717, 1.165) is 6.26 Å². The van der Waals surface area contributed by atoms with Gasteiger partial charge in [0.2, 0.25) is 11.7 Å². The van der Waals surface area contributed by atoms with Gasteiger partial charge in [0.1, 0.15) is 0 Å². The highest BCUT2D eigenvalue weighted by atomic mass is 35.5. The molecule has 2 N–H and O–H groups in total. The van der Waals surface area contributed by atoms with Crippen LogP contribution in [0.1, 0.15) is 12.7 Å². The van der Waals surface area contributed by atoms with Crippen LogP contribution in [0.4, 0.5) is 19.0 Å². The number of carbonyl (C=O) groups is 1. The average Bonchev–Trinajstić information content (AvgIpc) is 2.71. The summed E-state index contributed by atoms with van der Waals surface area (Å²) in [6.07, 6.45) is -3.87. The van der Waals surface area contributed by atoms with Crippen molar-refractivity contribution in [2.45, 2.75) is 18.0 Å². The summed E-state index contributed by atoms with van der Waals surface area (Å²) in [5.41, 5.74) is 5.27. The van der Waals surface area contributed by atoms with Gasteiger partial charge in [-0.25, -0.2) is 18.4 Å². The lowest BCUT2D eigenvalue weighted by atomic mass is 9.99. The van der Waals surface area contributed by atoms with Gasteiger partial charge in [0, 0.05) is 23.8 Å². The topological polar surface area (TPSA) is 101 Å². The predicted molar refractivity (Wildman–Crippen MR) is 113 cm³/mol. The van der Waals surface area contributed by atoms with Crippen LogP contribution in [-0.2, 0) is 20.8 Å². The highest BCUT2D eigenvalue weighted by molar-refractivity contribution is 7.90. The SMILES string of the molecule is CC(=O)NNc1nc(C(F)(F)F)nc(-c2ccc(S(C)(=O)=O)cc2)c1-c1ccc(Cl)cc1. The van der Waals surface area contributed by atoms with Crippen LogP contribution in [0, 0.1) is 0 Å². The van der Waals surface area contributed by atoms with Crippen LogP contribution in [0.25, 0.3) is 22.4 Å². The number of hydrogen-bond donors (Lipinski definition) is 2. The zero-order chi connectivity index (χ0) is 23.7. The Bertz CT molecular complexity index is 1260. The molecule has 0 radical (unpaired) electrons. The third-order valence-electron chi connectivity index (χ3n) is 4.21. The number of aromatic nitrogens is 2. The van der Waals surface area contributed by atoms with Crippen molar-refractivity contribution in [2.75, 3.05) is 11.7 Å². The second kappa shape index (κ2) is 8.75. The van der Waals surface area contributed by atoms with Crippen molar-refractivity contribution in [3.05, 3.63) is 59.4 Å². The lowest BCUT2D eigenvalue weighted by molar-refractivity contribution is -0.144. The lowest BCUT2D eigenvalue weighted by Gasteiger charge is -2.18. The standard InChI is InChI=1S/C20H16ClF3N4O3S/c1-11(29)27-28-18-16(12-3-7-14(21)8-4-12)17(25-19(26-18)20(22,23)24)13-5-9-15(10-6-13)32(2,30)31/h3-10H,1-2H3,(H,27,29)(H,25,26,28). The number of benzene rings is 2. The van der Waals surface area contributed by atoms with Crippen molar-refractivity contribution in [3.8, 4) is 22.4 Å². The van der Waals surface area contributed by atoms with E-state index < -0.39 is 27.7 Å². The minimum Gasteiger partial charge on any atom is -0.281 e. The third-order valence-corrected chi connectivity index (χ3v) is 5.59. The molecular formula is C20H16ClF3N4O3S. The Balaban J connectivity index is 2.32. The summed E-state index contributed by atoms with van der Waals surface area (Å²) in [7, 11) is -3.51. The van der Waals surface area contributed by atoms with E-state index >= 15 is 0 Å². The maximum Gasteiger partial charge on any atom is 0.451 e. The molecule has 0 aliphatic heterocycles. The van der Waals surface area contributed by atoms with Crippen LogP contribution in [0.3, 0.4) is 0 Å². The highest BCUT2D eigenvalue weighted by Crippen LogP contribution is 2.39. The Morgan fingerprint density at radius 3 is 2.03 bits per heavy atom. The summed E-state index contributed by atoms with van der Waals surface area (Å²) in [5.74, 6) is -2.30. The quantitative estimate of drug-likeness (QED) is 0.522. The van der Waals surface area contributed by atoms with Crippen LogP contribution in [0.15, 0.2) is 53.4 Å². The van der Waals surface area contributed by atoms with Crippen molar-refractivity contribution >= 4 is 33.2 Å². The first-order valence-corrected chi connectivity index (χ1v) is 11.2. The number of nitrogens with zero attached hydrogens (tertiary/aromatic N) is 2. The van der Waals surface area contributed by atoms with Crippen molar-refractivity contribution in [2.24, 2.45) is 0 Å². The minimum atomic E-state index is -4.88. The van der Waals surface area contributed by atoms with Crippen LogP contribution in [0.5, 0.6) is 0 Å². The van der Waals surface area contributed by atoms with Crippen molar-refractivity contribution in [1.29, 1.82) is 0 Å². The van der Waals surface area contributed by atoms with Crippen LogP contribution in [0.2, 0.25) is 5.02 Å². The minimum absolute atomic E-state index is 0.00371. The Morgan fingerprint density at radius 1 is 0.969 bits per heavy atom. The van der Waals surface area contributed by atoms with E-state index in [1.165, 1.54) is 43.3 Å². The molecule has 1 aromatic heterocycles. The number of hydrazine groups is 1. The molecule has 0 spiro atoms. The fraction of sp³-hybridized carbons (Fsp3) is 0.150. The van der Waals surface area contributed by atoms with Crippen LogP contribution in [-0.4, -0.2) is 30.5 Å². The van der Waals surface area contributed by atoms with E-state index in [4.69, 9.17) is 11.6 Å². The number of anilines is 1. The molecule has 3 rings (SSSR count). The van der Waals surface area contributed by atoms with Gasteiger partial charge in [0.25, 0.3) is 0 Å². The summed E-state index contributed by atoms with van der Waals surface area (Å²) in [5, 5.41) is 0.400. The van der Waals surface area contributed by atoms with E-state index in [1.807, 2.05) is 0 Å². The molecule has 0 aliphatic rings. The smallest absolute Gasteiger partial charge is 0.281 e. The Hall–Kier alpha value is -3.18. The molecule has 2 aromatic carbocycles. The first-order valence-electron chi connectivity index (χ1n) is 8.94. The summed E-state index contributed by atoms with van der Waals surface area (Å²) >= 11 is 5.93. The Morgan fingerprint density at radius 2 is 1.53 bits per heavy atom. The van der Waals surface area contributed by atoms with Crippen molar-refractivity contribution in [1.82, 2.24) is 15.4 Å². The van der Waals surface area contributed by atoms with Gasteiger partial charge in [0.15, 0.2) is 15.7 Å². The molecule has 3 aromatic rings. The van der Waals surface area contributed by atoms with E-state index in [9.17, 15) is 26.4 Å². The summed E-state index contributed by atoms with van der Waals surface area (Å²) in [6, 6.07) is 11.4. The molecule has 1 amide bonds. The molecule has 0 saturated heterocycles. The maximum absolute atomic E-state index is 13.5. The summed E-state index contributed by atoms with van der Waals surface area (Å²) < 4.78 is 64.1. The highest BCUT2D eigenvalue weighted by Gasteiger charge is 2.37. The molecule has 0 fully saturated rings. The van der Waals surface area contributed by atoms with Crippen LogP contribution < -0.4 is 10.9 Å². The monoisotopic (exact) mass is 484 g/mol. The number of alkyl halides is 3. The molecule has 0 saturated carbocycles. The molecule has 1 heterocycles.